The van der Waals surface area contributed by atoms with Gasteiger partial charge in [0.15, 0.2) is 6.61 Å². The molecule has 2 aliphatic heterocycles. The molecule has 0 aliphatic carbocycles. The molecule has 2 heterocycles. The molecule has 4 rings (SSSR count). The van der Waals surface area contributed by atoms with Crippen molar-refractivity contribution in [1.29, 1.82) is 0 Å². The summed E-state index contributed by atoms with van der Waals surface area (Å²) in [7, 11) is 0. The lowest BCUT2D eigenvalue weighted by Gasteiger charge is -2.37. The number of ether oxygens (including phenoxy) is 1. The molecule has 0 aromatic heterocycles. The number of anilines is 1. The zero-order valence-corrected chi connectivity index (χ0v) is 18.2. The highest BCUT2D eigenvalue weighted by Crippen LogP contribution is 2.32. The fraction of sp³-hybridized carbons (Fsp3) is 0.417. The number of rotatable bonds is 8. The summed E-state index contributed by atoms with van der Waals surface area (Å²) in [6.07, 6.45) is 0.199. The van der Waals surface area contributed by atoms with Crippen molar-refractivity contribution in [2.45, 2.75) is 18.6 Å². The minimum Gasteiger partial charge on any atom is -0.482 e. The van der Waals surface area contributed by atoms with Crippen LogP contribution in [0.5, 0.6) is 5.75 Å². The number of benzene rings is 2. The van der Waals surface area contributed by atoms with Gasteiger partial charge in [0.1, 0.15) is 17.8 Å². The van der Waals surface area contributed by atoms with E-state index in [9.17, 15) is 17.6 Å². The van der Waals surface area contributed by atoms with Crippen LogP contribution in [0.4, 0.5) is 23.2 Å². The van der Waals surface area contributed by atoms with Gasteiger partial charge in [0.05, 0.1) is 11.7 Å². The molecule has 1 atom stereocenters. The predicted octanol–water partition coefficient (Wildman–Crippen LogP) is 4.78. The number of hydrogen-bond acceptors (Lipinski definition) is 5. The molecule has 5 nitrogen and oxygen atoms in total. The van der Waals surface area contributed by atoms with Crippen molar-refractivity contribution in [3.05, 3.63) is 72.2 Å². The van der Waals surface area contributed by atoms with Crippen LogP contribution in [0.25, 0.3) is 0 Å². The summed E-state index contributed by atoms with van der Waals surface area (Å²) in [4.78, 5) is 9.92. The Morgan fingerprint density at radius 1 is 0.970 bits per heavy atom. The smallest absolute Gasteiger partial charge is 0.422 e. The molecule has 33 heavy (non-hydrogen) atoms. The zero-order valence-electron chi connectivity index (χ0n) is 18.2. The van der Waals surface area contributed by atoms with E-state index in [0.29, 0.717) is 18.8 Å². The Balaban J connectivity index is 1.25. The second-order valence-corrected chi connectivity index (χ2v) is 8.13. The van der Waals surface area contributed by atoms with Crippen molar-refractivity contribution < 1.29 is 27.1 Å². The molecule has 2 aliphatic rings. The molecule has 0 spiro atoms. The molecule has 1 unspecified atom stereocenters. The summed E-state index contributed by atoms with van der Waals surface area (Å²) < 4.78 is 56.2. The predicted molar refractivity (Wildman–Crippen MR) is 117 cm³/mol. The average Bonchev–Trinajstić information content (AvgIpc) is 3.27. The minimum atomic E-state index is -4.48. The first-order valence-electron chi connectivity index (χ1n) is 11.0. The van der Waals surface area contributed by atoms with E-state index in [2.05, 4.69) is 17.0 Å². The second-order valence-electron chi connectivity index (χ2n) is 8.13. The second kappa shape index (κ2) is 10.4. The molecule has 0 radical (unpaired) electrons. The third-order valence-electron chi connectivity index (χ3n) is 5.79. The van der Waals surface area contributed by atoms with Crippen molar-refractivity contribution in [2.24, 2.45) is 0 Å². The van der Waals surface area contributed by atoms with Gasteiger partial charge in [-0.05, 0) is 36.7 Å². The Kier molecular flexibility index (Phi) is 7.39. The maximum atomic E-state index is 13.6. The van der Waals surface area contributed by atoms with E-state index in [1.165, 1.54) is 17.7 Å². The molecule has 0 saturated carbocycles. The van der Waals surface area contributed by atoms with Gasteiger partial charge in [-0.3, -0.25) is 4.90 Å². The Bertz CT molecular complexity index is 931. The Morgan fingerprint density at radius 2 is 1.73 bits per heavy atom. The van der Waals surface area contributed by atoms with E-state index in [4.69, 9.17) is 9.57 Å². The van der Waals surface area contributed by atoms with Crippen molar-refractivity contribution in [2.75, 3.05) is 50.8 Å². The van der Waals surface area contributed by atoms with Gasteiger partial charge >= 0.3 is 6.18 Å². The third kappa shape index (κ3) is 6.39. The maximum absolute atomic E-state index is 13.6. The van der Waals surface area contributed by atoms with Crippen LogP contribution >= 0.6 is 0 Å². The highest BCUT2D eigenvalue weighted by Gasteiger charge is 2.30. The molecule has 2 aromatic rings. The van der Waals surface area contributed by atoms with Crippen LogP contribution in [0.1, 0.15) is 18.0 Å². The van der Waals surface area contributed by atoms with Crippen LogP contribution < -0.4 is 9.64 Å². The SMILES string of the molecule is Fc1ccc(N2CCN(CCCN3OC=CC3c3ccccc3)CC2)c(OCC(F)(F)F)c1. The highest BCUT2D eigenvalue weighted by atomic mass is 19.4. The number of halogens is 4. The Labute approximate surface area is 190 Å². The first-order valence-corrected chi connectivity index (χ1v) is 11.0. The van der Waals surface area contributed by atoms with Crippen molar-refractivity contribution in [3.63, 3.8) is 0 Å². The molecular formula is C24H27F4N3O2. The van der Waals surface area contributed by atoms with E-state index >= 15 is 0 Å². The lowest BCUT2D eigenvalue weighted by molar-refractivity contribution is -0.153. The molecule has 1 saturated heterocycles. The fourth-order valence-corrected chi connectivity index (χ4v) is 4.16. The third-order valence-corrected chi connectivity index (χ3v) is 5.79. The molecule has 0 bridgehead atoms. The summed E-state index contributed by atoms with van der Waals surface area (Å²) in [6.45, 7) is 3.00. The minimum absolute atomic E-state index is 0.0774. The zero-order chi connectivity index (χ0) is 23.3. The Hall–Kier alpha value is -2.78. The van der Waals surface area contributed by atoms with Gasteiger partial charge in [0.25, 0.3) is 0 Å². The van der Waals surface area contributed by atoms with Crippen molar-refractivity contribution in [3.8, 4) is 5.75 Å². The van der Waals surface area contributed by atoms with Crippen LogP contribution in [-0.4, -0.2) is 62.0 Å². The van der Waals surface area contributed by atoms with Crippen LogP contribution in [-0.2, 0) is 4.84 Å². The van der Waals surface area contributed by atoms with Crippen molar-refractivity contribution >= 4 is 5.69 Å². The molecule has 178 valence electrons. The van der Waals surface area contributed by atoms with Gasteiger partial charge in [0, 0.05) is 38.8 Å². The quantitative estimate of drug-likeness (QED) is 0.524. The number of nitrogens with zero attached hydrogens (tertiary/aromatic N) is 3. The first kappa shape index (κ1) is 23.4. The van der Waals surface area contributed by atoms with Crippen LogP contribution in [0.3, 0.4) is 0 Å². The van der Waals surface area contributed by atoms with Gasteiger partial charge in [0.2, 0.25) is 0 Å². The standard InChI is InChI=1S/C24H27F4N3O2/c25-20-7-8-22(23(17-20)32-18-24(26,27)28)30-14-12-29(13-15-30)10-4-11-31-21(9-16-33-31)19-5-2-1-3-6-19/h1-3,5-9,16-17,21H,4,10-15,18H2. The summed E-state index contributed by atoms with van der Waals surface area (Å²) in [5, 5.41) is 1.97. The lowest BCUT2D eigenvalue weighted by Crippen LogP contribution is -2.47. The maximum Gasteiger partial charge on any atom is 0.422 e. The van der Waals surface area contributed by atoms with Gasteiger partial charge < -0.3 is 14.5 Å². The Morgan fingerprint density at radius 3 is 2.45 bits per heavy atom. The first-order chi connectivity index (χ1) is 15.9. The van der Waals surface area contributed by atoms with E-state index < -0.39 is 18.6 Å². The summed E-state index contributed by atoms with van der Waals surface area (Å²) in [5.74, 6) is -0.701. The van der Waals surface area contributed by atoms with E-state index in [0.717, 1.165) is 38.7 Å². The monoisotopic (exact) mass is 465 g/mol. The average molecular weight is 465 g/mol. The van der Waals surface area contributed by atoms with Crippen molar-refractivity contribution in [1.82, 2.24) is 9.96 Å². The van der Waals surface area contributed by atoms with Crippen LogP contribution in [0, 0.1) is 5.82 Å². The topological polar surface area (TPSA) is 28.2 Å². The molecule has 2 aromatic carbocycles. The molecule has 0 N–H and O–H groups in total. The molecule has 0 amide bonds. The number of hydrogen-bond donors (Lipinski definition) is 0. The number of piperazine rings is 1. The van der Waals surface area contributed by atoms with Gasteiger partial charge in [-0.25, -0.2) is 4.39 Å². The molecular weight excluding hydrogens is 438 g/mol. The lowest BCUT2D eigenvalue weighted by atomic mass is 10.1. The summed E-state index contributed by atoms with van der Waals surface area (Å²) in [6, 6.07) is 14.0. The fourth-order valence-electron chi connectivity index (χ4n) is 4.16. The number of hydroxylamine groups is 2. The largest absolute Gasteiger partial charge is 0.482 e. The van der Waals surface area contributed by atoms with Crippen LogP contribution in [0.15, 0.2) is 60.9 Å². The number of alkyl halides is 3. The van der Waals surface area contributed by atoms with E-state index in [1.54, 1.807) is 6.26 Å². The summed E-state index contributed by atoms with van der Waals surface area (Å²) >= 11 is 0. The normalized spacial score (nSPS) is 19.6. The highest BCUT2D eigenvalue weighted by molar-refractivity contribution is 5.59. The van der Waals surface area contributed by atoms with Gasteiger partial charge in [-0.15, -0.1) is 5.06 Å². The van der Waals surface area contributed by atoms with Gasteiger partial charge in [-0.2, -0.15) is 13.2 Å². The molecule has 9 heteroatoms. The summed E-state index contributed by atoms with van der Waals surface area (Å²) in [5.41, 5.74) is 1.67. The molecule has 1 fully saturated rings. The van der Waals surface area contributed by atoms with Gasteiger partial charge in [-0.1, -0.05) is 30.3 Å². The van der Waals surface area contributed by atoms with Crippen LogP contribution in [0.2, 0.25) is 0 Å². The van der Waals surface area contributed by atoms with E-state index in [-0.39, 0.29) is 11.8 Å². The van der Waals surface area contributed by atoms with E-state index in [1.807, 2.05) is 34.2 Å².